The second-order valence-electron chi connectivity index (χ2n) is 6.51. The second kappa shape index (κ2) is 9.35. The van der Waals surface area contributed by atoms with Gasteiger partial charge < -0.3 is 19.1 Å². The first-order valence-corrected chi connectivity index (χ1v) is 9.15. The van der Waals surface area contributed by atoms with Crippen LogP contribution in [0.5, 0.6) is 11.5 Å². The molecule has 1 heterocycles. The summed E-state index contributed by atoms with van der Waals surface area (Å²) in [4.78, 5) is 14.1. The van der Waals surface area contributed by atoms with Crippen molar-refractivity contribution in [1.29, 1.82) is 0 Å². The van der Waals surface area contributed by atoms with Crippen molar-refractivity contribution in [3.8, 4) is 11.5 Å². The molecule has 0 radical (unpaired) electrons. The van der Waals surface area contributed by atoms with Gasteiger partial charge in [-0.05, 0) is 36.4 Å². The summed E-state index contributed by atoms with van der Waals surface area (Å²) in [5, 5.41) is 0. The zero-order valence-corrected chi connectivity index (χ0v) is 15.9. The van der Waals surface area contributed by atoms with E-state index < -0.39 is 0 Å². The molecule has 0 aliphatic carbocycles. The molecule has 1 aliphatic heterocycles. The van der Waals surface area contributed by atoms with Gasteiger partial charge in [0.1, 0.15) is 31.1 Å². The summed E-state index contributed by atoms with van der Waals surface area (Å²) in [6.45, 7) is 4.31. The SMILES string of the molecule is COc1ccccc1/C=C/C(=O)c1ccc(OC)c(C[NH+]2CCOCC2)c1. The van der Waals surface area contributed by atoms with Crippen LogP contribution in [0.25, 0.3) is 6.08 Å². The van der Waals surface area contributed by atoms with Gasteiger partial charge in [0.05, 0.1) is 27.4 Å². The smallest absolute Gasteiger partial charge is 0.185 e. The average Bonchev–Trinajstić information content (AvgIpc) is 2.73. The van der Waals surface area contributed by atoms with Gasteiger partial charge in [0.25, 0.3) is 0 Å². The minimum Gasteiger partial charge on any atom is -0.496 e. The molecule has 0 unspecified atom stereocenters. The normalized spacial score (nSPS) is 15.0. The van der Waals surface area contributed by atoms with E-state index in [1.165, 1.54) is 4.90 Å². The Morgan fingerprint density at radius 1 is 1.07 bits per heavy atom. The van der Waals surface area contributed by atoms with Gasteiger partial charge in [0.2, 0.25) is 0 Å². The number of methoxy groups -OCH3 is 2. The number of quaternary nitrogens is 1. The Morgan fingerprint density at radius 2 is 1.81 bits per heavy atom. The quantitative estimate of drug-likeness (QED) is 0.600. The first-order chi connectivity index (χ1) is 13.2. The molecule has 0 atom stereocenters. The molecular formula is C22H26NO4+. The molecule has 0 spiro atoms. The number of benzene rings is 2. The molecule has 27 heavy (non-hydrogen) atoms. The van der Waals surface area contributed by atoms with Gasteiger partial charge in [-0.25, -0.2) is 0 Å². The minimum atomic E-state index is -0.0400. The predicted octanol–water partition coefficient (Wildman–Crippen LogP) is 2.01. The van der Waals surface area contributed by atoms with E-state index in [1.807, 2.05) is 42.5 Å². The predicted molar refractivity (Wildman–Crippen MR) is 105 cm³/mol. The number of morpholine rings is 1. The third-order valence-electron chi connectivity index (χ3n) is 4.76. The fraction of sp³-hybridized carbons (Fsp3) is 0.318. The van der Waals surface area contributed by atoms with Crippen molar-refractivity contribution < 1.29 is 23.9 Å². The third-order valence-corrected chi connectivity index (χ3v) is 4.76. The molecule has 5 heteroatoms. The number of hydrogen-bond acceptors (Lipinski definition) is 4. The summed E-state index contributed by atoms with van der Waals surface area (Å²) in [6, 6.07) is 13.2. The molecular weight excluding hydrogens is 342 g/mol. The van der Waals surface area contributed by atoms with Crippen LogP contribution in [0.1, 0.15) is 21.5 Å². The van der Waals surface area contributed by atoms with Crippen molar-refractivity contribution >= 4 is 11.9 Å². The highest BCUT2D eigenvalue weighted by Gasteiger charge is 2.18. The third kappa shape index (κ3) is 4.96. The van der Waals surface area contributed by atoms with Crippen LogP contribution in [-0.4, -0.2) is 46.3 Å². The topological polar surface area (TPSA) is 49.2 Å². The van der Waals surface area contributed by atoms with Crippen LogP contribution >= 0.6 is 0 Å². The lowest BCUT2D eigenvalue weighted by Crippen LogP contribution is -3.12. The number of carbonyl (C=O) groups is 1. The fourth-order valence-electron chi connectivity index (χ4n) is 3.24. The molecule has 2 aromatic rings. The summed E-state index contributed by atoms with van der Waals surface area (Å²) in [7, 11) is 3.29. The highest BCUT2D eigenvalue weighted by atomic mass is 16.5. The molecule has 0 aromatic heterocycles. The van der Waals surface area contributed by atoms with Gasteiger partial charge in [0, 0.05) is 16.7 Å². The van der Waals surface area contributed by atoms with Crippen molar-refractivity contribution in [2.24, 2.45) is 0 Å². The number of hydrogen-bond donors (Lipinski definition) is 1. The first kappa shape index (κ1) is 19.1. The maximum Gasteiger partial charge on any atom is 0.185 e. The van der Waals surface area contributed by atoms with E-state index >= 15 is 0 Å². The molecule has 5 nitrogen and oxygen atoms in total. The number of rotatable bonds is 7. The summed E-state index contributed by atoms with van der Waals surface area (Å²) >= 11 is 0. The average molecular weight is 368 g/mol. The van der Waals surface area contributed by atoms with Crippen molar-refractivity contribution in [3.63, 3.8) is 0 Å². The molecule has 142 valence electrons. The Kier molecular flexibility index (Phi) is 6.63. The number of para-hydroxylation sites is 1. The van der Waals surface area contributed by atoms with E-state index in [2.05, 4.69) is 0 Å². The highest BCUT2D eigenvalue weighted by molar-refractivity contribution is 6.07. The maximum absolute atomic E-state index is 12.7. The Labute approximate surface area is 160 Å². The highest BCUT2D eigenvalue weighted by Crippen LogP contribution is 2.21. The minimum absolute atomic E-state index is 0.0400. The van der Waals surface area contributed by atoms with Gasteiger partial charge in [-0.2, -0.15) is 0 Å². The van der Waals surface area contributed by atoms with Crippen LogP contribution in [-0.2, 0) is 11.3 Å². The van der Waals surface area contributed by atoms with E-state index in [4.69, 9.17) is 14.2 Å². The van der Waals surface area contributed by atoms with Gasteiger partial charge in [-0.3, -0.25) is 4.79 Å². The molecule has 0 bridgehead atoms. The molecule has 0 saturated carbocycles. The van der Waals surface area contributed by atoms with Crippen LogP contribution in [0.4, 0.5) is 0 Å². The van der Waals surface area contributed by atoms with E-state index in [9.17, 15) is 4.79 Å². The van der Waals surface area contributed by atoms with Gasteiger partial charge in [-0.15, -0.1) is 0 Å². The largest absolute Gasteiger partial charge is 0.496 e. The second-order valence-corrected chi connectivity index (χ2v) is 6.51. The van der Waals surface area contributed by atoms with Crippen LogP contribution < -0.4 is 14.4 Å². The molecule has 0 amide bonds. The van der Waals surface area contributed by atoms with Gasteiger partial charge >= 0.3 is 0 Å². The summed E-state index contributed by atoms with van der Waals surface area (Å²) in [6.07, 6.45) is 3.38. The number of ether oxygens (including phenoxy) is 3. The number of carbonyl (C=O) groups excluding carboxylic acids is 1. The number of ketones is 1. The summed E-state index contributed by atoms with van der Waals surface area (Å²) < 4.78 is 16.2. The lowest BCUT2D eigenvalue weighted by atomic mass is 10.0. The number of nitrogens with one attached hydrogen (secondary N) is 1. The Hall–Kier alpha value is -2.63. The maximum atomic E-state index is 12.7. The zero-order chi connectivity index (χ0) is 19.1. The van der Waals surface area contributed by atoms with Crippen molar-refractivity contribution in [2.45, 2.75) is 6.54 Å². The zero-order valence-electron chi connectivity index (χ0n) is 15.9. The fourth-order valence-corrected chi connectivity index (χ4v) is 3.24. The van der Waals surface area contributed by atoms with E-state index in [0.29, 0.717) is 5.56 Å². The molecule has 1 saturated heterocycles. The van der Waals surface area contributed by atoms with Crippen LogP contribution in [0, 0.1) is 0 Å². The summed E-state index contributed by atoms with van der Waals surface area (Å²) in [5.74, 6) is 1.52. The van der Waals surface area contributed by atoms with Gasteiger partial charge in [0.15, 0.2) is 5.78 Å². The van der Waals surface area contributed by atoms with E-state index in [-0.39, 0.29) is 5.78 Å². The monoisotopic (exact) mass is 368 g/mol. The van der Waals surface area contributed by atoms with Crippen molar-refractivity contribution in [2.75, 3.05) is 40.5 Å². The first-order valence-electron chi connectivity index (χ1n) is 9.15. The lowest BCUT2D eigenvalue weighted by Gasteiger charge is -2.24. The summed E-state index contributed by atoms with van der Waals surface area (Å²) in [5.41, 5.74) is 2.58. The van der Waals surface area contributed by atoms with Crippen LogP contribution in [0.2, 0.25) is 0 Å². The number of allylic oxidation sites excluding steroid dienone is 1. The van der Waals surface area contributed by atoms with Crippen LogP contribution in [0.15, 0.2) is 48.5 Å². The standard InChI is InChI=1S/C22H25NO4/c1-25-21-6-4-3-5-17(21)7-9-20(24)18-8-10-22(26-2)19(15-18)16-23-11-13-27-14-12-23/h3-10,15H,11-14,16H2,1-2H3/p+1/b9-7+. The van der Waals surface area contributed by atoms with Crippen LogP contribution in [0.3, 0.4) is 0 Å². The Morgan fingerprint density at radius 3 is 2.56 bits per heavy atom. The molecule has 1 fully saturated rings. The van der Waals surface area contributed by atoms with Gasteiger partial charge in [-0.1, -0.05) is 18.2 Å². The van der Waals surface area contributed by atoms with Crippen molar-refractivity contribution in [3.05, 3.63) is 65.2 Å². The molecule has 1 N–H and O–H groups in total. The lowest BCUT2D eigenvalue weighted by molar-refractivity contribution is -0.921. The Balaban J connectivity index is 1.78. The molecule has 1 aliphatic rings. The van der Waals surface area contributed by atoms with E-state index in [1.54, 1.807) is 26.4 Å². The van der Waals surface area contributed by atoms with E-state index in [0.717, 1.165) is 55.5 Å². The van der Waals surface area contributed by atoms with Crippen molar-refractivity contribution in [1.82, 2.24) is 0 Å². The Bertz CT molecular complexity index is 810. The molecule has 2 aromatic carbocycles. The molecule has 3 rings (SSSR count).